The van der Waals surface area contributed by atoms with E-state index in [2.05, 4.69) is 15.8 Å². The molecule has 1 fully saturated rings. The molecule has 0 radical (unpaired) electrons. The van der Waals surface area contributed by atoms with E-state index >= 15 is 0 Å². The fourth-order valence-corrected chi connectivity index (χ4v) is 2.11. The molecule has 1 aliphatic carbocycles. The van der Waals surface area contributed by atoms with Gasteiger partial charge in [0.05, 0.1) is 12.2 Å². The van der Waals surface area contributed by atoms with Crippen LogP contribution in [0.25, 0.3) is 0 Å². The molecule has 0 aliphatic heterocycles. The van der Waals surface area contributed by atoms with Crippen LogP contribution in [0.5, 0.6) is 0 Å². The molecule has 0 bridgehead atoms. The molecule has 1 aromatic rings. The van der Waals surface area contributed by atoms with E-state index in [4.69, 9.17) is 4.74 Å². The van der Waals surface area contributed by atoms with E-state index in [-0.39, 0.29) is 24.1 Å². The SMILES string of the molecule is CCOC(=O)c1c(C)[nH]c(C(=O)NNC(=O)C2CC2)c1C. The number of hydrazine groups is 1. The molecule has 3 N–H and O–H groups in total. The Kier molecular flexibility index (Phi) is 4.30. The van der Waals surface area contributed by atoms with Gasteiger partial charge in [0.2, 0.25) is 5.91 Å². The number of esters is 1. The lowest BCUT2D eigenvalue weighted by atomic mass is 10.1. The Balaban J connectivity index is 2.08. The second-order valence-electron chi connectivity index (χ2n) is 5.06. The second kappa shape index (κ2) is 5.99. The van der Waals surface area contributed by atoms with Crippen LogP contribution < -0.4 is 10.9 Å². The molecule has 7 nitrogen and oxygen atoms in total. The van der Waals surface area contributed by atoms with Crippen molar-refractivity contribution in [2.24, 2.45) is 5.92 Å². The van der Waals surface area contributed by atoms with Crippen LogP contribution in [0.2, 0.25) is 0 Å². The lowest BCUT2D eigenvalue weighted by Crippen LogP contribution is -2.42. The molecule has 0 unspecified atom stereocenters. The van der Waals surface area contributed by atoms with Crippen molar-refractivity contribution >= 4 is 17.8 Å². The number of rotatable bonds is 4. The third kappa shape index (κ3) is 3.24. The van der Waals surface area contributed by atoms with Crippen LogP contribution >= 0.6 is 0 Å². The fourth-order valence-electron chi connectivity index (χ4n) is 2.11. The first-order valence-corrected chi connectivity index (χ1v) is 6.92. The van der Waals surface area contributed by atoms with E-state index in [0.29, 0.717) is 16.8 Å². The maximum absolute atomic E-state index is 12.0. The van der Waals surface area contributed by atoms with Gasteiger partial charge >= 0.3 is 5.97 Å². The van der Waals surface area contributed by atoms with Crippen LogP contribution in [0.3, 0.4) is 0 Å². The van der Waals surface area contributed by atoms with Crippen molar-refractivity contribution in [3.63, 3.8) is 0 Å². The average Bonchev–Trinajstić information content (AvgIpc) is 3.22. The summed E-state index contributed by atoms with van der Waals surface area (Å²) < 4.78 is 4.96. The normalized spacial score (nSPS) is 13.7. The molecule has 2 amide bonds. The largest absolute Gasteiger partial charge is 0.462 e. The summed E-state index contributed by atoms with van der Waals surface area (Å²) in [4.78, 5) is 38.2. The summed E-state index contributed by atoms with van der Waals surface area (Å²) in [5.41, 5.74) is 6.39. The third-order valence-corrected chi connectivity index (χ3v) is 3.39. The van der Waals surface area contributed by atoms with Crippen LogP contribution in [0.1, 0.15) is 51.9 Å². The second-order valence-corrected chi connectivity index (χ2v) is 5.06. The zero-order chi connectivity index (χ0) is 15.6. The van der Waals surface area contributed by atoms with Gasteiger partial charge in [-0.1, -0.05) is 0 Å². The predicted octanol–water partition coefficient (Wildman–Crippen LogP) is 0.979. The summed E-state index contributed by atoms with van der Waals surface area (Å²) in [6.45, 7) is 5.34. The highest BCUT2D eigenvalue weighted by molar-refractivity contribution is 6.01. The molecule has 2 rings (SSSR count). The molecule has 0 saturated heterocycles. The zero-order valence-electron chi connectivity index (χ0n) is 12.3. The number of H-pyrrole nitrogens is 1. The summed E-state index contributed by atoms with van der Waals surface area (Å²) in [6.07, 6.45) is 1.71. The molecule has 1 heterocycles. The molecule has 0 atom stereocenters. The topological polar surface area (TPSA) is 100 Å². The molecule has 114 valence electrons. The number of aromatic nitrogens is 1. The van der Waals surface area contributed by atoms with Gasteiger partial charge in [0.15, 0.2) is 0 Å². The average molecular weight is 293 g/mol. The number of ether oxygens (including phenoxy) is 1. The van der Waals surface area contributed by atoms with Gasteiger partial charge in [0.1, 0.15) is 5.69 Å². The Bertz CT molecular complexity index is 587. The van der Waals surface area contributed by atoms with Crippen LogP contribution in [-0.2, 0) is 9.53 Å². The van der Waals surface area contributed by atoms with Crippen LogP contribution in [0.4, 0.5) is 0 Å². The Morgan fingerprint density at radius 1 is 1.24 bits per heavy atom. The van der Waals surface area contributed by atoms with Gasteiger partial charge in [-0.15, -0.1) is 0 Å². The highest BCUT2D eigenvalue weighted by Gasteiger charge is 2.30. The van der Waals surface area contributed by atoms with Crippen molar-refractivity contribution in [3.05, 3.63) is 22.5 Å². The van der Waals surface area contributed by atoms with Gasteiger partial charge in [-0.05, 0) is 39.2 Å². The van der Waals surface area contributed by atoms with E-state index in [1.54, 1.807) is 20.8 Å². The van der Waals surface area contributed by atoms with E-state index in [1.165, 1.54) is 0 Å². The first-order chi connectivity index (χ1) is 9.95. The molecule has 21 heavy (non-hydrogen) atoms. The van der Waals surface area contributed by atoms with Crippen LogP contribution in [0.15, 0.2) is 0 Å². The van der Waals surface area contributed by atoms with Gasteiger partial charge in [-0.2, -0.15) is 0 Å². The Morgan fingerprint density at radius 2 is 1.90 bits per heavy atom. The number of aryl methyl sites for hydroxylation is 1. The molecule has 1 saturated carbocycles. The molecular formula is C14H19N3O4. The summed E-state index contributed by atoms with van der Waals surface area (Å²) in [5.74, 6) is -1.13. The van der Waals surface area contributed by atoms with E-state index in [1.807, 2.05) is 0 Å². The molecule has 7 heteroatoms. The molecular weight excluding hydrogens is 274 g/mol. The summed E-state index contributed by atoms with van der Waals surface area (Å²) in [5, 5.41) is 0. The minimum atomic E-state index is -0.486. The summed E-state index contributed by atoms with van der Waals surface area (Å²) >= 11 is 0. The number of hydrogen-bond donors (Lipinski definition) is 3. The first kappa shape index (κ1) is 15.1. The summed E-state index contributed by atoms with van der Waals surface area (Å²) in [7, 11) is 0. The number of hydrogen-bond acceptors (Lipinski definition) is 4. The molecule has 0 aromatic carbocycles. The number of aromatic amines is 1. The van der Waals surface area contributed by atoms with Crippen molar-refractivity contribution in [2.45, 2.75) is 33.6 Å². The number of amides is 2. The maximum atomic E-state index is 12.0. The zero-order valence-corrected chi connectivity index (χ0v) is 12.3. The van der Waals surface area contributed by atoms with E-state index < -0.39 is 11.9 Å². The van der Waals surface area contributed by atoms with Crippen LogP contribution in [0, 0.1) is 19.8 Å². The monoisotopic (exact) mass is 293 g/mol. The first-order valence-electron chi connectivity index (χ1n) is 6.92. The number of carbonyl (C=O) groups is 3. The van der Waals surface area contributed by atoms with Gasteiger partial charge in [0.25, 0.3) is 5.91 Å². The Hall–Kier alpha value is -2.31. The smallest absolute Gasteiger partial charge is 0.340 e. The quantitative estimate of drug-likeness (QED) is 0.569. The lowest BCUT2D eigenvalue weighted by molar-refractivity contribution is -0.123. The van der Waals surface area contributed by atoms with Gasteiger partial charge in [-0.3, -0.25) is 20.4 Å². The van der Waals surface area contributed by atoms with Crippen molar-refractivity contribution < 1.29 is 19.1 Å². The van der Waals surface area contributed by atoms with Crippen molar-refractivity contribution in [1.82, 2.24) is 15.8 Å². The van der Waals surface area contributed by atoms with E-state index in [9.17, 15) is 14.4 Å². The van der Waals surface area contributed by atoms with Crippen molar-refractivity contribution in [1.29, 1.82) is 0 Å². The van der Waals surface area contributed by atoms with E-state index in [0.717, 1.165) is 12.8 Å². The Morgan fingerprint density at radius 3 is 2.48 bits per heavy atom. The van der Waals surface area contributed by atoms with Crippen molar-refractivity contribution in [3.8, 4) is 0 Å². The maximum Gasteiger partial charge on any atom is 0.340 e. The lowest BCUT2D eigenvalue weighted by Gasteiger charge is -2.06. The third-order valence-electron chi connectivity index (χ3n) is 3.39. The number of carbonyl (C=O) groups excluding carboxylic acids is 3. The molecule has 1 aliphatic rings. The van der Waals surface area contributed by atoms with Gasteiger partial charge < -0.3 is 9.72 Å². The number of nitrogens with one attached hydrogen (secondary N) is 3. The van der Waals surface area contributed by atoms with Gasteiger partial charge in [-0.25, -0.2) is 4.79 Å². The molecule has 1 aromatic heterocycles. The highest BCUT2D eigenvalue weighted by Crippen LogP contribution is 2.28. The Labute approximate surface area is 122 Å². The highest BCUT2D eigenvalue weighted by atomic mass is 16.5. The summed E-state index contributed by atoms with van der Waals surface area (Å²) in [6, 6.07) is 0. The molecule has 0 spiro atoms. The fraction of sp³-hybridized carbons (Fsp3) is 0.500. The standard InChI is InChI=1S/C14H19N3O4/c1-4-21-14(20)10-7(2)11(15-8(10)3)13(19)17-16-12(18)9-5-6-9/h9,15H,4-6H2,1-3H3,(H,16,18)(H,17,19). The van der Waals surface area contributed by atoms with Crippen molar-refractivity contribution in [2.75, 3.05) is 6.61 Å². The predicted molar refractivity (Wildman–Crippen MR) is 74.6 cm³/mol. The van der Waals surface area contributed by atoms with Crippen LogP contribution in [-0.4, -0.2) is 29.4 Å². The van der Waals surface area contributed by atoms with Gasteiger partial charge in [0, 0.05) is 11.6 Å². The minimum absolute atomic E-state index is 0.00636. The minimum Gasteiger partial charge on any atom is -0.462 e.